The molecule has 2 amide bonds. The van der Waals surface area contributed by atoms with E-state index in [1.807, 2.05) is 42.5 Å². The molecule has 1 saturated heterocycles. The minimum Gasteiger partial charge on any atom is -0.403 e. The summed E-state index contributed by atoms with van der Waals surface area (Å²) >= 11 is 0. The summed E-state index contributed by atoms with van der Waals surface area (Å²) in [5.74, 6) is 4.67. The van der Waals surface area contributed by atoms with Crippen LogP contribution in [0.4, 0.5) is 4.39 Å². The number of amides is 2. The van der Waals surface area contributed by atoms with Crippen molar-refractivity contribution in [1.29, 1.82) is 0 Å². The highest BCUT2D eigenvalue weighted by Gasteiger charge is 2.37. The Hall–Kier alpha value is -3.39. The molecule has 1 aliphatic heterocycles. The molecular weight excluding hydrogens is 445 g/mol. The number of hydrogen-bond donors (Lipinski definition) is 4. The first-order valence-electron chi connectivity index (χ1n) is 12.2. The highest BCUT2D eigenvalue weighted by atomic mass is 19.1. The SMILES string of the molecule is CC1(c2ccc(C(NC(=O)C3CCCN3C(=O)C/C(=C/N)NN)c3ccccc3)cc2F)CCC1. The Bertz CT molecular complexity index is 1100. The maximum absolute atomic E-state index is 15.2. The Balaban J connectivity index is 1.57. The van der Waals surface area contributed by atoms with Gasteiger partial charge in [0, 0.05) is 12.7 Å². The number of carbonyl (C=O) groups excluding carboxylic acids is 2. The second kappa shape index (κ2) is 10.5. The first-order chi connectivity index (χ1) is 16.9. The number of hydrazine groups is 1. The molecule has 2 atom stereocenters. The highest BCUT2D eigenvalue weighted by Crippen LogP contribution is 2.44. The molecule has 0 spiro atoms. The van der Waals surface area contributed by atoms with Crippen molar-refractivity contribution in [2.24, 2.45) is 11.6 Å². The van der Waals surface area contributed by atoms with Crippen molar-refractivity contribution in [2.45, 2.75) is 62.9 Å². The molecule has 0 radical (unpaired) electrons. The van der Waals surface area contributed by atoms with E-state index < -0.39 is 12.1 Å². The van der Waals surface area contributed by atoms with Crippen molar-refractivity contribution in [3.05, 3.63) is 82.9 Å². The lowest BCUT2D eigenvalue weighted by molar-refractivity contribution is -0.138. The van der Waals surface area contributed by atoms with Crippen LogP contribution in [0.25, 0.3) is 0 Å². The summed E-state index contributed by atoms with van der Waals surface area (Å²) in [5.41, 5.74) is 10.4. The number of rotatable bonds is 8. The van der Waals surface area contributed by atoms with E-state index in [2.05, 4.69) is 17.7 Å². The van der Waals surface area contributed by atoms with Crippen LogP contribution < -0.4 is 22.3 Å². The Morgan fingerprint density at radius 3 is 2.51 bits per heavy atom. The number of likely N-dealkylation sites (tertiary alicyclic amines) is 1. The van der Waals surface area contributed by atoms with Gasteiger partial charge in [-0.25, -0.2) is 4.39 Å². The van der Waals surface area contributed by atoms with Crippen LogP contribution in [0.15, 0.2) is 60.4 Å². The Kier molecular flexibility index (Phi) is 7.40. The number of hydrogen-bond acceptors (Lipinski definition) is 5. The third-order valence-corrected chi connectivity index (χ3v) is 7.46. The Morgan fingerprint density at radius 2 is 1.91 bits per heavy atom. The molecule has 2 aromatic carbocycles. The standard InChI is InChI=1S/C27H34FN5O2/c1-27(12-6-13-27)21-11-10-19(15-22(21)28)25(18-7-3-2-4-8-18)31-26(35)23-9-5-14-33(23)24(34)16-20(17-29)32-30/h2-4,7-8,10-11,15,17,23,25,32H,5-6,9,12-14,16,29-30H2,1H3,(H,31,35)/b20-17-. The smallest absolute Gasteiger partial charge is 0.243 e. The zero-order chi connectivity index (χ0) is 25.0. The van der Waals surface area contributed by atoms with Gasteiger partial charge in [-0.05, 0) is 53.9 Å². The van der Waals surface area contributed by atoms with Gasteiger partial charge in [0.25, 0.3) is 0 Å². The number of nitrogens with two attached hydrogens (primary N) is 2. The first-order valence-corrected chi connectivity index (χ1v) is 12.2. The molecular formula is C27H34FN5O2. The van der Waals surface area contributed by atoms with Crippen molar-refractivity contribution in [1.82, 2.24) is 15.6 Å². The van der Waals surface area contributed by atoms with E-state index in [1.54, 1.807) is 11.0 Å². The van der Waals surface area contributed by atoms with Crippen LogP contribution in [-0.2, 0) is 15.0 Å². The van der Waals surface area contributed by atoms with Gasteiger partial charge in [0.2, 0.25) is 11.8 Å². The molecule has 8 heteroatoms. The zero-order valence-corrected chi connectivity index (χ0v) is 20.1. The molecule has 7 nitrogen and oxygen atoms in total. The molecule has 186 valence electrons. The van der Waals surface area contributed by atoms with Gasteiger partial charge in [-0.1, -0.05) is 55.8 Å². The summed E-state index contributed by atoms with van der Waals surface area (Å²) in [7, 11) is 0. The fraction of sp³-hybridized carbons (Fsp3) is 0.407. The minimum atomic E-state index is -0.608. The van der Waals surface area contributed by atoms with Crippen molar-refractivity contribution >= 4 is 11.8 Å². The predicted molar refractivity (Wildman–Crippen MR) is 133 cm³/mol. The molecule has 35 heavy (non-hydrogen) atoms. The van der Waals surface area contributed by atoms with Crippen molar-refractivity contribution in [3.63, 3.8) is 0 Å². The number of nitrogens with zero attached hydrogens (tertiary/aromatic N) is 1. The molecule has 6 N–H and O–H groups in total. The maximum Gasteiger partial charge on any atom is 0.243 e. The molecule has 1 aliphatic carbocycles. The lowest BCUT2D eigenvalue weighted by Crippen LogP contribution is -2.47. The second-order valence-corrected chi connectivity index (χ2v) is 9.76. The first kappa shape index (κ1) is 24.7. The summed E-state index contributed by atoms with van der Waals surface area (Å²) in [4.78, 5) is 27.8. The van der Waals surface area contributed by atoms with E-state index in [9.17, 15) is 9.59 Å². The van der Waals surface area contributed by atoms with Gasteiger partial charge in [0.05, 0.1) is 18.2 Å². The number of halogens is 1. The molecule has 4 rings (SSSR count). The van der Waals surface area contributed by atoms with Crippen LogP contribution in [0.2, 0.25) is 0 Å². The summed E-state index contributed by atoms with van der Waals surface area (Å²) in [6.07, 6.45) is 5.59. The fourth-order valence-electron chi connectivity index (χ4n) is 5.18. The lowest BCUT2D eigenvalue weighted by atomic mass is 9.66. The van der Waals surface area contributed by atoms with Crippen LogP contribution >= 0.6 is 0 Å². The quantitative estimate of drug-likeness (QED) is 0.343. The second-order valence-electron chi connectivity index (χ2n) is 9.76. The highest BCUT2D eigenvalue weighted by molar-refractivity contribution is 5.89. The molecule has 2 aliphatic rings. The van der Waals surface area contributed by atoms with Crippen LogP contribution in [-0.4, -0.2) is 29.3 Å². The summed E-state index contributed by atoms with van der Waals surface area (Å²) in [6, 6.07) is 13.7. The summed E-state index contributed by atoms with van der Waals surface area (Å²) in [5, 5.41) is 3.09. The van der Waals surface area contributed by atoms with E-state index in [0.717, 1.165) is 36.8 Å². The van der Waals surface area contributed by atoms with Crippen LogP contribution in [0.5, 0.6) is 0 Å². The lowest BCUT2D eigenvalue weighted by Gasteiger charge is -2.39. The van der Waals surface area contributed by atoms with Gasteiger partial charge in [-0.2, -0.15) is 0 Å². The van der Waals surface area contributed by atoms with Crippen molar-refractivity contribution in [2.75, 3.05) is 6.54 Å². The summed E-state index contributed by atoms with van der Waals surface area (Å²) in [6.45, 7) is 2.58. The largest absolute Gasteiger partial charge is 0.403 e. The molecule has 0 bridgehead atoms. The normalized spacial score (nSPS) is 20.1. The van der Waals surface area contributed by atoms with E-state index in [0.29, 0.717) is 24.2 Å². The fourth-order valence-corrected chi connectivity index (χ4v) is 5.18. The maximum atomic E-state index is 15.2. The monoisotopic (exact) mass is 479 g/mol. The van der Waals surface area contributed by atoms with Crippen LogP contribution in [0.1, 0.15) is 68.2 Å². The molecule has 2 aromatic rings. The molecule has 1 saturated carbocycles. The Morgan fingerprint density at radius 1 is 1.17 bits per heavy atom. The van der Waals surface area contributed by atoms with Crippen molar-refractivity contribution < 1.29 is 14.0 Å². The molecule has 1 heterocycles. The molecule has 2 unspecified atom stereocenters. The van der Waals surface area contributed by atoms with E-state index in [-0.39, 0.29) is 29.5 Å². The summed E-state index contributed by atoms with van der Waals surface area (Å²) < 4.78 is 15.2. The Labute approximate surface area is 205 Å². The number of nitrogens with one attached hydrogen (secondary N) is 2. The van der Waals surface area contributed by atoms with Gasteiger partial charge in [-0.15, -0.1) is 0 Å². The van der Waals surface area contributed by atoms with E-state index in [4.69, 9.17) is 11.6 Å². The average molecular weight is 480 g/mol. The number of benzene rings is 2. The predicted octanol–water partition coefficient (Wildman–Crippen LogP) is 3.12. The van der Waals surface area contributed by atoms with E-state index >= 15 is 4.39 Å². The minimum absolute atomic E-state index is 0.00959. The van der Waals surface area contributed by atoms with Gasteiger partial charge < -0.3 is 21.4 Å². The van der Waals surface area contributed by atoms with Crippen molar-refractivity contribution in [3.8, 4) is 0 Å². The topological polar surface area (TPSA) is 113 Å². The van der Waals surface area contributed by atoms with Gasteiger partial charge in [-0.3, -0.25) is 15.4 Å². The number of carbonyl (C=O) groups is 2. The van der Waals surface area contributed by atoms with Gasteiger partial charge in [0.15, 0.2) is 0 Å². The van der Waals surface area contributed by atoms with Gasteiger partial charge in [0.1, 0.15) is 11.9 Å². The third kappa shape index (κ3) is 5.17. The van der Waals surface area contributed by atoms with Crippen LogP contribution in [0, 0.1) is 5.82 Å². The van der Waals surface area contributed by atoms with Crippen LogP contribution in [0.3, 0.4) is 0 Å². The van der Waals surface area contributed by atoms with Gasteiger partial charge >= 0.3 is 0 Å². The molecule has 2 fully saturated rings. The third-order valence-electron chi connectivity index (χ3n) is 7.46. The zero-order valence-electron chi connectivity index (χ0n) is 20.1. The molecule has 0 aromatic heterocycles. The average Bonchev–Trinajstić information content (AvgIpc) is 3.35. The van der Waals surface area contributed by atoms with E-state index in [1.165, 1.54) is 6.20 Å².